The third kappa shape index (κ3) is 2.32. The van der Waals surface area contributed by atoms with Gasteiger partial charge in [-0.05, 0) is 61.2 Å². The molecule has 6 heteroatoms. The van der Waals surface area contributed by atoms with Gasteiger partial charge in [0.05, 0.1) is 23.3 Å². The van der Waals surface area contributed by atoms with Crippen molar-refractivity contribution < 1.29 is 29.0 Å². The second-order valence-corrected chi connectivity index (χ2v) is 11.4. The van der Waals surface area contributed by atoms with Crippen molar-refractivity contribution in [1.82, 2.24) is 0 Å². The van der Waals surface area contributed by atoms with Crippen LogP contribution in [-0.2, 0) is 20.1 Å². The molecule has 7 atom stereocenters. The first-order chi connectivity index (χ1) is 14.8. The summed E-state index contributed by atoms with van der Waals surface area (Å²) in [6, 6.07) is 1.61. The van der Waals surface area contributed by atoms with Crippen molar-refractivity contribution in [3.8, 4) is 0 Å². The standard InChI is InChI=1S/C26H32O6/c1-22(2)17-12-20(28)25(5)16(23(17,3)9-7-19(22)27)6-10-24(4)18(25)13-21(29)32-26(24,30)15-8-11-31-14-15/h7-9,11,13-14,16-17,20,28,30H,6,10,12H2,1-5H3/t16-,17?,20-,23-,24-,25-,26-/m1/s1. The van der Waals surface area contributed by atoms with E-state index in [1.54, 1.807) is 12.1 Å². The highest BCUT2D eigenvalue weighted by Gasteiger charge is 2.70. The van der Waals surface area contributed by atoms with Crippen LogP contribution in [0.1, 0.15) is 59.4 Å². The van der Waals surface area contributed by atoms with Crippen molar-refractivity contribution in [2.75, 3.05) is 0 Å². The zero-order valence-electron chi connectivity index (χ0n) is 19.3. The molecule has 0 radical (unpaired) electrons. The molecule has 2 N–H and O–H groups in total. The first-order valence-electron chi connectivity index (χ1n) is 11.4. The third-order valence-electron chi connectivity index (χ3n) is 9.76. The molecule has 0 saturated heterocycles. The Labute approximate surface area is 188 Å². The van der Waals surface area contributed by atoms with E-state index in [0.717, 1.165) is 5.57 Å². The molecule has 6 nitrogen and oxygen atoms in total. The maximum Gasteiger partial charge on any atom is 0.333 e. The molecule has 1 unspecified atom stereocenters. The van der Waals surface area contributed by atoms with Crippen LogP contribution in [0.25, 0.3) is 0 Å². The van der Waals surface area contributed by atoms with Crippen LogP contribution in [0.15, 0.2) is 46.8 Å². The quantitative estimate of drug-likeness (QED) is 0.643. The topological polar surface area (TPSA) is 97.0 Å². The fraction of sp³-hybridized carbons (Fsp3) is 0.615. The van der Waals surface area contributed by atoms with Crippen molar-refractivity contribution in [2.45, 2.75) is 65.8 Å². The van der Waals surface area contributed by atoms with Crippen LogP contribution in [0.5, 0.6) is 0 Å². The van der Waals surface area contributed by atoms with E-state index in [1.807, 2.05) is 33.8 Å². The van der Waals surface area contributed by atoms with Gasteiger partial charge in [-0.1, -0.05) is 33.8 Å². The maximum atomic E-state index is 12.8. The number of rotatable bonds is 1. The van der Waals surface area contributed by atoms with Crippen LogP contribution >= 0.6 is 0 Å². The SMILES string of the molecule is CC1(C)C(=O)C=C[C@@]2(C)C1C[C@@H](O)[C@@]1(C)C3=CC(=O)O[C@](O)(c4ccoc4)[C@]3(C)CC[C@@H]12. The number of furan rings is 1. The number of cyclic esters (lactones) is 1. The lowest BCUT2D eigenvalue weighted by Gasteiger charge is -2.67. The Bertz CT molecular complexity index is 1050. The van der Waals surface area contributed by atoms with Gasteiger partial charge >= 0.3 is 5.97 Å². The highest BCUT2D eigenvalue weighted by Crippen LogP contribution is 2.71. The van der Waals surface area contributed by atoms with Gasteiger partial charge in [-0.25, -0.2) is 4.79 Å². The molecule has 0 bridgehead atoms. The van der Waals surface area contributed by atoms with Crippen molar-refractivity contribution in [3.63, 3.8) is 0 Å². The molecule has 2 fully saturated rings. The zero-order chi connectivity index (χ0) is 23.3. The maximum absolute atomic E-state index is 12.8. The molecule has 2 saturated carbocycles. The minimum Gasteiger partial charge on any atom is -0.472 e. The van der Waals surface area contributed by atoms with Gasteiger partial charge in [-0.15, -0.1) is 0 Å². The number of carbonyl (C=O) groups is 2. The summed E-state index contributed by atoms with van der Waals surface area (Å²) in [5.74, 6) is -2.45. The van der Waals surface area contributed by atoms with Gasteiger partial charge in [-0.2, -0.15) is 0 Å². The van der Waals surface area contributed by atoms with Crippen LogP contribution in [0.2, 0.25) is 0 Å². The number of ether oxygens (including phenoxy) is 1. The Morgan fingerprint density at radius 3 is 2.47 bits per heavy atom. The van der Waals surface area contributed by atoms with Gasteiger partial charge in [0.15, 0.2) is 5.78 Å². The van der Waals surface area contributed by atoms with Crippen molar-refractivity contribution in [2.24, 2.45) is 33.5 Å². The molecule has 2 heterocycles. The number of aliphatic hydroxyl groups excluding tert-OH is 1. The van der Waals surface area contributed by atoms with Crippen molar-refractivity contribution in [1.29, 1.82) is 0 Å². The Morgan fingerprint density at radius 1 is 1.09 bits per heavy atom. The van der Waals surface area contributed by atoms with Crippen LogP contribution in [0, 0.1) is 33.5 Å². The fourth-order valence-corrected chi connectivity index (χ4v) is 7.84. The van der Waals surface area contributed by atoms with Gasteiger partial charge in [-0.3, -0.25) is 4.79 Å². The first kappa shape index (κ1) is 21.7. The Hall–Kier alpha value is -2.18. The summed E-state index contributed by atoms with van der Waals surface area (Å²) in [5, 5.41) is 23.4. The average molecular weight is 441 g/mol. The number of allylic oxidation sites excluding steroid dienone is 2. The molecular formula is C26H32O6. The lowest BCUT2D eigenvalue weighted by Crippen LogP contribution is -2.66. The average Bonchev–Trinajstić information content (AvgIpc) is 3.25. The predicted octanol–water partition coefficient (Wildman–Crippen LogP) is 3.88. The molecule has 1 aliphatic heterocycles. The highest BCUT2D eigenvalue weighted by molar-refractivity contribution is 5.95. The summed E-state index contributed by atoms with van der Waals surface area (Å²) in [4.78, 5) is 25.5. The molecule has 0 aromatic carbocycles. The van der Waals surface area contributed by atoms with E-state index in [1.165, 1.54) is 18.6 Å². The zero-order valence-corrected chi connectivity index (χ0v) is 19.3. The lowest BCUT2D eigenvalue weighted by molar-refractivity contribution is -0.279. The smallest absolute Gasteiger partial charge is 0.333 e. The molecule has 172 valence electrons. The number of hydrogen-bond acceptors (Lipinski definition) is 6. The molecule has 4 aliphatic rings. The second-order valence-electron chi connectivity index (χ2n) is 11.4. The summed E-state index contributed by atoms with van der Waals surface area (Å²) in [5.41, 5.74) is -1.50. The minimum absolute atomic E-state index is 0.00815. The normalized spacial score (nSPS) is 47.1. The van der Waals surface area contributed by atoms with Gasteiger partial charge in [0.1, 0.15) is 6.26 Å². The van der Waals surface area contributed by atoms with E-state index in [2.05, 4.69) is 6.92 Å². The van der Waals surface area contributed by atoms with Gasteiger partial charge in [0, 0.05) is 16.9 Å². The van der Waals surface area contributed by atoms with Crippen LogP contribution in [-0.4, -0.2) is 28.1 Å². The van der Waals surface area contributed by atoms with Crippen LogP contribution < -0.4 is 0 Å². The molecule has 0 amide bonds. The monoisotopic (exact) mass is 440 g/mol. The number of fused-ring (bicyclic) bond motifs is 5. The van der Waals surface area contributed by atoms with E-state index in [0.29, 0.717) is 24.8 Å². The first-order valence-corrected chi connectivity index (χ1v) is 11.4. The Balaban J connectivity index is 1.69. The summed E-state index contributed by atoms with van der Waals surface area (Å²) in [7, 11) is 0. The molecule has 0 spiro atoms. The Morgan fingerprint density at radius 2 is 1.81 bits per heavy atom. The van der Waals surface area contributed by atoms with E-state index < -0.39 is 34.1 Å². The third-order valence-corrected chi connectivity index (χ3v) is 9.76. The fourth-order valence-electron chi connectivity index (χ4n) is 7.84. The van der Waals surface area contributed by atoms with E-state index in [-0.39, 0.29) is 23.0 Å². The molecule has 1 aromatic heterocycles. The van der Waals surface area contributed by atoms with E-state index in [9.17, 15) is 19.8 Å². The minimum atomic E-state index is -1.88. The summed E-state index contributed by atoms with van der Waals surface area (Å²) in [6.07, 6.45) is 9.02. The second kappa shape index (κ2) is 6.23. The molecule has 5 rings (SSSR count). The van der Waals surface area contributed by atoms with Gasteiger partial charge < -0.3 is 19.4 Å². The number of aliphatic hydroxyl groups is 2. The molecule has 32 heavy (non-hydrogen) atoms. The largest absolute Gasteiger partial charge is 0.472 e. The number of esters is 1. The molecule has 1 aromatic rings. The highest BCUT2D eigenvalue weighted by atomic mass is 16.7. The summed E-state index contributed by atoms with van der Waals surface area (Å²) < 4.78 is 10.8. The van der Waals surface area contributed by atoms with Crippen molar-refractivity contribution in [3.05, 3.63) is 48.0 Å². The predicted molar refractivity (Wildman–Crippen MR) is 116 cm³/mol. The lowest BCUT2D eigenvalue weighted by atomic mass is 9.38. The summed E-state index contributed by atoms with van der Waals surface area (Å²) in [6.45, 7) is 10.0. The summed E-state index contributed by atoms with van der Waals surface area (Å²) >= 11 is 0. The van der Waals surface area contributed by atoms with Crippen LogP contribution in [0.4, 0.5) is 0 Å². The molecule has 3 aliphatic carbocycles. The van der Waals surface area contributed by atoms with E-state index in [4.69, 9.17) is 9.15 Å². The number of carbonyl (C=O) groups excluding carboxylic acids is 2. The van der Waals surface area contributed by atoms with Crippen molar-refractivity contribution >= 4 is 11.8 Å². The van der Waals surface area contributed by atoms with E-state index >= 15 is 0 Å². The molecular weight excluding hydrogens is 408 g/mol. The number of ketones is 1. The Kier molecular flexibility index (Phi) is 4.22. The van der Waals surface area contributed by atoms with Gasteiger partial charge in [0.25, 0.3) is 5.79 Å². The number of hydrogen-bond donors (Lipinski definition) is 2. The van der Waals surface area contributed by atoms with Gasteiger partial charge in [0.2, 0.25) is 0 Å². The van der Waals surface area contributed by atoms with Crippen LogP contribution in [0.3, 0.4) is 0 Å².